The lowest BCUT2D eigenvalue weighted by atomic mass is 9.98. The largest absolute Gasteiger partial charge is 0.460 e. The summed E-state index contributed by atoms with van der Waals surface area (Å²) in [5, 5.41) is 0. The summed E-state index contributed by atoms with van der Waals surface area (Å²) in [6.07, 6.45) is 3.39. The number of carbonyl (C=O) groups is 1. The van der Waals surface area contributed by atoms with E-state index in [9.17, 15) is 4.79 Å². The van der Waals surface area contributed by atoms with E-state index in [2.05, 4.69) is 13.8 Å². The average Bonchev–Trinajstić information content (AvgIpc) is 2.43. The number of carbonyl (C=O) groups excluding carboxylic acids is 1. The second kappa shape index (κ2) is 4.54. The van der Waals surface area contributed by atoms with Crippen LogP contribution in [0.2, 0.25) is 0 Å². The molecule has 0 heterocycles. The fourth-order valence-electron chi connectivity index (χ4n) is 2.42. The van der Waals surface area contributed by atoms with E-state index < -0.39 is 0 Å². The quantitative estimate of drug-likeness (QED) is 0.656. The average molecular weight is 212 g/mol. The Morgan fingerprint density at radius 2 is 1.93 bits per heavy atom. The fourth-order valence-corrected chi connectivity index (χ4v) is 2.42. The van der Waals surface area contributed by atoms with E-state index in [-0.39, 0.29) is 17.5 Å². The molecule has 3 unspecified atom stereocenters. The van der Waals surface area contributed by atoms with Crippen LogP contribution < -0.4 is 0 Å². The number of ether oxygens (including phenoxy) is 1. The van der Waals surface area contributed by atoms with Crippen LogP contribution in [0.25, 0.3) is 0 Å². The Morgan fingerprint density at radius 3 is 2.33 bits per heavy atom. The molecule has 88 valence electrons. The highest BCUT2D eigenvalue weighted by molar-refractivity contribution is 5.73. The summed E-state index contributed by atoms with van der Waals surface area (Å²) in [6, 6.07) is 0. The van der Waals surface area contributed by atoms with E-state index in [0.29, 0.717) is 5.92 Å². The SMILES string of the molecule is CCC1CC(C)C(C(=O)OC(C)(C)C)C1. The van der Waals surface area contributed by atoms with E-state index in [1.165, 1.54) is 12.8 Å². The molecular weight excluding hydrogens is 188 g/mol. The van der Waals surface area contributed by atoms with Crippen molar-refractivity contribution >= 4 is 5.97 Å². The van der Waals surface area contributed by atoms with Crippen LogP contribution in [-0.2, 0) is 9.53 Å². The highest BCUT2D eigenvalue weighted by atomic mass is 16.6. The van der Waals surface area contributed by atoms with Gasteiger partial charge >= 0.3 is 5.97 Å². The molecule has 1 aliphatic carbocycles. The van der Waals surface area contributed by atoms with E-state index in [1.807, 2.05) is 20.8 Å². The predicted octanol–water partition coefficient (Wildman–Crippen LogP) is 3.40. The van der Waals surface area contributed by atoms with Gasteiger partial charge in [0.2, 0.25) is 0 Å². The van der Waals surface area contributed by atoms with Crippen molar-refractivity contribution in [3.8, 4) is 0 Å². The van der Waals surface area contributed by atoms with Gasteiger partial charge in [-0.05, 0) is 45.4 Å². The zero-order chi connectivity index (χ0) is 11.6. The molecule has 0 spiro atoms. The second-order valence-electron chi connectivity index (χ2n) is 5.86. The molecule has 1 saturated carbocycles. The first-order chi connectivity index (χ1) is 6.83. The highest BCUT2D eigenvalue weighted by Crippen LogP contribution is 2.38. The zero-order valence-corrected chi connectivity index (χ0v) is 10.7. The molecule has 3 atom stereocenters. The Kier molecular flexibility index (Phi) is 3.80. The summed E-state index contributed by atoms with van der Waals surface area (Å²) >= 11 is 0. The summed E-state index contributed by atoms with van der Waals surface area (Å²) < 4.78 is 5.45. The van der Waals surface area contributed by atoms with Gasteiger partial charge in [-0.3, -0.25) is 4.79 Å². The Morgan fingerprint density at radius 1 is 1.33 bits per heavy atom. The molecule has 0 aromatic carbocycles. The lowest BCUT2D eigenvalue weighted by Crippen LogP contribution is -2.29. The van der Waals surface area contributed by atoms with Gasteiger partial charge in [-0.25, -0.2) is 0 Å². The minimum absolute atomic E-state index is 0.00551. The Labute approximate surface area is 93.4 Å². The number of rotatable bonds is 2. The molecule has 2 nitrogen and oxygen atoms in total. The maximum Gasteiger partial charge on any atom is 0.309 e. The molecule has 0 amide bonds. The van der Waals surface area contributed by atoms with E-state index >= 15 is 0 Å². The standard InChI is InChI=1S/C13H24O2/c1-6-10-7-9(2)11(8-10)12(14)15-13(3,4)5/h9-11H,6-8H2,1-5H3. The maximum atomic E-state index is 11.9. The monoisotopic (exact) mass is 212 g/mol. The van der Waals surface area contributed by atoms with Gasteiger partial charge in [0.25, 0.3) is 0 Å². The van der Waals surface area contributed by atoms with Gasteiger partial charge in [0.15, 0.2) is 0 Å². The topological polar surface area (TPSA) is 26.3 Å². The van der Waals surface area contributed by atoms with E-state index in [0.717, 1.165) is 12.3 Å². The van der Waals surface area contributed by atoms with Crippen LogP contribution in [0.5, 0.6) is 0 Å². The van der Waals surface area contributed by atoms with Gasteiger partial charge < -0.3 is 4.74 Å². The molecular formula is C13H24O2. The molecule has 0 N–H and O–H groups in total. The molecule has 2 heteroatoms. The number of hydrogen-bond donors (Lipinski definition) is 0. The molecule has 1 fully saturated rings. The van der Waals surface area contributed by atoms with Crippen LogP contribution >= 0.6 is 0 Å². The lowest BCUT2D eigenvalue weighted by molar-refractivity contribution is -0.161. The van der Waals surface area contributed by atoms with Crippen LogP contribution in [0, 0.1) is 17.8 Å². The molecule has 0 radical (unpaired) electrons. The molecule has 0 aromatic heterocycles. The molecule has 0 bridgehead atoms. The Bertz CT molecular complexity index is 227. The first-order valence-corrected chi connectivity index (χ1v) is 6.06. The lowest BCUT2D eigenvalue weighted by Gasteiger charge is -2.23. The predicted molar refractivity (Wildman–Crippen MR) is 61.5 cm³/mol. The number of esters is 1. The number of hydrogen-bond acceptors (Lipinski definition) is 2. The van der Waals surface area contributed by atoms with E-state index in [1.54, 1.807) is 0 Å². The highest BCUT2D eigenvalue weighted by Gasteiger charge is 2.37. The van der Waals surface area contributed by atoms with Crippen LogP contribution in [0.4, 0.5) is 0 Å². The van der Waals surface area contributed by atoms with Crippen molar-refractivity contribution in [2.45, 2.75) is 59.5 Å². The van der Waals surface area contributed by atoms with Crippen molar-refractivity contribution < 1.29 is 9.53 Å². The van der Waals surface area contributed by atoms with Crippen molar-refractivity contribution in [1.29, 1.82) is 0 Å². The van der Waals surface area contributed by atoms with Crippen molar-refractivity contribution in [2.75, 3.05) is 0 Å². The normalized spacial score (nSPS) is 31.7. The molecule has 15 heavy (non-hydrogen) atoms. The van der Waals surface area contributed by atoms with Crippen molar-refractivity contribution in [1.82, 2.24) is 0 Å². The first kappa shape index (κ1) is 12.5. The smallest absolute Gasteiger partial charge is 0.309 e. The summed E-state index contributed by atoms with van der Waals surface area (Å²) in [6.45, 7) is 10.2. The van der Waals surface area contributed by atoms with E-state index in [4.69, 9.17) is 4.74 Å². The van der Waals surface area contributed by atoms with Gasteiger partial charge in [0.05, 0.1) is 5.92 Å². The third-order valence-electron chi connectivity index (χ3n) is 3.27. The minimum Gasteiger partial charge on any atom is -0.460 e. The molecule has 0 saturated heterocycles. The fraction of sp³-hybridized carbons (Fsp3) is 0.923. The second-order valence-corrected chi connectivity index (χ2v) is 5.86. The molecule has 0 aliphatic heterocycles. The van der Waals surface area contributed by atoms with Crippen molar-refractivity contribution in [3.63, 3.8) is 0 Å². The third kappa shape index (κ3) is 3.51. The zero-order valence-electron chi connectivity index (χ0n) is 10.7. The van der Waals surface area contributed by atoms with Crippen LogP contribution in [0.1, 0.15) is 53.9 Å². The van der Waals surface area contributed by atoms with Crippen LogP contribution in [0.15, 0.2) is 0 Å². The molecule has 1 rings (SSSR count). The minimum atomic E-state index is -0.346. The third-order valence-corrected chi connectivity index (χ3v) is 3.27. The summed E-state index contributed by atoms with van der Waals surface area (Å²) in [5.41, 5.74) is -0.346. The van der Waals surface area contributed by atoms with Crippen LogP contribution in [-0.4, -0.2) is 11.6 Å². The first-order valence-electron chi connectivity index (χ1n) is 6.06. The van der Waals surface area contributed by atoms with Gasteiger partial charge in [0, 0.05) is 0 Å². The Hall–Kier alpha value is -0.530. The van der Waals surface area contributed by atoms with Crippen LogP contribution in [0.3, 0.4) is 0 Å². The summed E-state index contributed by atoms with van der Waals surface area (Å²) in [5.74, 6) is 1.35. The molecule has 0 aromatic rings. The summed E-state index contributed by atoms with van der Waals surface area (Å²) in [7, 11) is 0. The van der Waals surface area contributed by atoms with Gasteiger partial charge in [-0.2, -0.15) is 0 Å². The van der Waals surface area contributed by atoms with Crippen molar-refractivity contribution in [3.05, 3.63) is 0 Å². The Balaban J connectivity index is 2.54. The van der Waals surface area contributed by atoms with Gasteiger partial charge in [0.1, 0.15) is 5.60 Å². The summed E-state index contributed by atoms with van der Waals surface area (Å²) in [4.78, 5) is 11.9. The van der Waals surface area contributed by atoms with Crippen molar-refractivity contribution in [2.24, 2.45) is 17.8 Å². The maximum absolute atomic E-state index is 11.9. The van der Waals surface area contributed by atoms with Gasteiger partial charge in [-0.1, -0.05) is 20.3 Å². The van der Waals surface area contributed by atoms with Gasteiger partial charge in [-0.15, -0.1) is 0 Å². The molecule has 1 aliphatic rings.